The van der Waals surface area contributed by atoms with Gasteiger partial charge in [-0.2, -0.15) is 0 Å². The van der Waals surface area contributed by atoms with Gasteiger partial charge in [0, 0.05) is 6.54 Å². The normalized spacial score (nSPS) is 13.6. The molecule has 2 aromatic rings. The number of rotatable bonds is 8. The van der Waals surface area contributed by atoms with Gasteiger partial charge in [-0.25, -0.2) is 14.6 Å². The average molecular weight is 513 g/mol. The maximum Gasteiger partial charge on any atom is 0.343 e. The molecular weight excluding hydrogens is 484 g/mol. The number of nitrogens with zero attached hydrogens (tertiary/aromatic N) is 2. The molecule has 0 spiro atoms. The molecule has 0 radical (unpaired) electrons. The molecule has 1 amide bonds. The highest BCUT2D eigenvalue weighted by Crippen LogP contribution is 2.35. The molecule has 12 heteroatoms. The molecule has 6 N–H and O–H groups in total. The number of amides is 1. The average Bonchev–Trinajstić information content (AvgIpc) is 2.83. The Hall–Kier alpha value is -4.61. The van der Waals surface area contributed by atoms with E-state index in [1.54, 1.807) is 25.1 Å². The van der Waals surface area contributed by atoms with Gasteiger partial charge < -0.3 is 36.1 Å². The highest BCUT2D eigenvalue weighted by Gasteiger charge is 2.34. The first-order valence-corrected chi connectivity index (χ1v) is 11.6. The third-order valence-electron chi connectivity index (χ3n) is 5.57. The van der Waals surface area contributed by atoms with Crippen molar-refractivity contribution in [2.75, 3.05) is 13.2 Å². The minimum atomic E-state index is -1.59. The minimum absolute atomic E-state index is 0.00194. The minimum Gasteiger partial charge on any atom is -0.489 e. The molecule has 0 saturated carbocycles. The lowest BCUT2D eigenvalue weighted by Crippen LogP contribution is -2.46. The molecule has 1 aliphatic heterocycles. The number of ether oxygens (including phenoxy) is 2. The molecule has 0 aromatic heterocycles. The molecule has 1 aliphatic rings. The summed E-state index contributed by atoms with van der Waals surface area (Å²) in [6.07, 6.45) is 0.498. The summed E-state index contributed by atoms with van der Waals surface area (Å²) < 4.78 is 11.5. The Morgan fingerprint density at radius 3 is 2.57 bits per heavy atom. The van der Waals surface area contributed by atoms with Gasteiger partial charge in [-0.05, 0) is 55.2 Å². The number of aliphatic carboxylic acids is 2. The number of fused-ring (bicyclic) bond motifs is 2. The van der Waals surface area contributed by atoms with Crippen LogP contribution >= 0.6 is 0 Å². The molecular formula is C25H28N4O8. The van der Waals surface area contributed by atoms with Gasteiger partial charge in [-0.15, -0.1) is 0 Å². The van der Waals surface area contributed by atoms with E-state index in [4.69, 9.17) is 20.9 Å². The summed E-state index contributed by atoms with van der Waals surface area (Å²) in [6, 6.07) is 7.54. The summed E-state index contributed by atoms with van der Waals surface area (Å²) in [7, 11) is 0. The van der Waals surface area contributed by atoms with Crippen LogP contribution in [0.4, 0.5) is 5.69 Å². The third-order valence-corrected chi connectivity index (χ3v) is 5.57. The van der Waals surface area contributed by atoms with E-state index in [1.807, 2.05) is 0 Å². The van der Waals surface area contributed by atoms with Crippen LogP contribution in [0, 0.1) is 0 Å². The number of nitrogens with two attached hydrogens (primary N) is 2. The van der Waals surface area contributed by atoms with Gasteiger partial charge in [0.2, 0.25) is 0 Å². The molecule has 1 heterocycles. The Kier molecular flexibility index (Phi) is 8.67. The summed E-state index contributed by atoms with van der Waals surface area (Å²) in [5.41, 5.74) is 12.3. The van der Waals surface area contributed by atoms with Crippen LogP contribution in [0.1, 0.15) is 52.5 Å². The van der Waals surface area contributed by atoms with Gasteiger partial charge in [0.25, 0.3) is 5.91 Å². The second-order valence-electron chi connectivity index (χ2n) is 8.30. The van der Waals surface area contributed by atoms with Gasteiger partial charge in [0.05, 0.1) is 29.8 Å². The molecule has 3 rings (SSSR count). The fourth-order valence-corrected chi connectivity index (χ4v) is 4.00. The fourth-order valence-electron chi connectivity index (χ4n) is 4.00. The zero-order chi connectivity index (χ0) is 27.1. The van der Waals surface area contributed by atoms with Crippen molar-refractivity contribution in [2.45, 2.75) is 38.6 Å². The molecule has 1 atom stereocenters. The molecule has 0 aliphatic carbocycles. The first kappa shape index (κ1) is 27.0. The van der Waals surface area contributed by atoms with Crippen molar-refractivity contribution in [1.82, 2.24) is 4.90 Å². The van der Waals surface area contributed by atoms with Crippen LogP contribution in [0.3, 0.4) is 0 Å². The van der Waals surface area contributed by atoms with E-state index in [9.17, 15) is 29.4 Å². The van der Waals surface area contributed by atoms with Crippen molar-refractivity contribution in [3.63, 3.8) is 0 Å². The molecule has 0 bridgehead atoms. The predicted octanol–water partition coefficient (Wildman–Crippen LogP) is 1.92. The molecule has 12 nitrogen and oxygen atoms in total. The second kappa shape index (κ2) is 11.9. The molecule has 2 aromatic carbocycles. The van der Waals surface area contributed by atoms with Crippen LogP contribution < -0.4 is 20.9 Å². The summed E-state index contributed by atoms with van der Waals surface area (Å²) in [5.74, 6) is -4.42. The Labute approximate surface area is 212 Å². The lowest BCUT2D eigenvalue weighted by molar-refractivity contribution is -0.148. The monoisotopic (exact) mass is 512 g/mol. The highest BCUT2D eigenvalue weighted by molar-refractivity contribution is 6.01. The number of hydrogen-bond acceptors (Lipinski definition) is 7. The van der Waals surface area contributed by atoms with E-state index >= 15 is 0 Å². The molecule has 37 heavy (non-hydrogen) atoms. The topological polar surface area (TPSA) is 195 Å². The van der Waals surface area contributed by atoms with Crippen molar-refractivity contribution < 1.29 is 38.9 Å². The van der Waals surface area contributed by atoms with Crippen molar-refractivity contribution >= 4 is 35.5 Å². The van der Waals surface area contributed by atoms with Crippen molar-refractivity contribution in [3.8, 4) is 11.5 Å². The number of aryl methyl sites for hydroxylation is 1. The number of carbonyl (C=O) groups excluding carboxylic acids is 2. The quantitative estimate of drug-likeness (QED) is 0.176. The maximum atomic E-state index is 13.5. The number of esters is 1. The zero-order valence-electron chi connectivity index (χ0n) is 20.2. The molecule has 0 unspecified atom stereocenters. The SMILES string of the molecule is CCCN(C(=O)c1cccc2c1OCCCc1cc(N=C(N)N)ccc1C(=O)O2)[C@H](CC(=O)O)C(=O)O. The Morgan fingerprint density at radius 1 is 1.16 bits per heavy atom. The van der Waals surface area contributed by atoms with E-state index in [2.05, 4.69) is 4.99 Å². The Morgan fingerprint density at radius 2 is 1.92 bits per heavy atom. The van der Waals surface area contributed by atoms with Crippen LogP contribution in [-0.2, 0) is 16.0 Å². The van der Waals surface area contributed by atoms with E-state index < -0.39 is 36.3 Å². The van der Waals surface area contributed by atoms with Crippen molar-refractivity contribution in [1.29, 1.82) is 0 Å². The Bertz CT molecular complexity index is 1240. The van der Waals surface area contributed by atoms with Crippen LogP contribution in [0.5, 0.6) is 11.5 Å². The van der Waals surface area contributed by atoms with Gasteiger partial charge in [0.15, 0.2) is 17.5 Å². The lowest BCUT2D eigenvalue weighted by Gasteiger charge is -2.29. The number of carboxylic acids is 2. The van der Waals surface area contributed by atoms with E-state index in [0.29, 0.717) is 36.1 Å². The Balaban J connectivity index is 2.01. The first-order valence-electron chi connectivity index (χ1n) is 11.6. The number of para-hydroxylation sites is 1. The van der Waals surface area contributed by atoms with Crippen molar-refractivity contribution in [3.05, 3.63) is 53.1 Å². The highest BCUT2D eigenvalue weighted by atomic mass is 16.6. The van der Waals surface area contributed by atoms with Crippen LogP contribution in [0.25, 0.3) is 0 Å². The molecule has 0 fully saturated rings. The summed E-state index contributed by atoms with van der Waals surface area (Å²) in [6.45, 7) is 1.88. The lowest BCUT2D eigenvalue weighted by atomic mass is 10.0. The molecule has 196 valence electrons. The summed E-state index contributed by atoms with van der Waals surface area (Å²) in [4.78, 5) is 54.6. The number of benzene rings is 2. The number of carbonyl (C=O) groups is 4. The van der Waals surface area contributed by atoms with E-state index in [1.165, 1.54) is 18.2 Å². The van der Waals surface area contributed by atoms with Gasteiger partial charge in [0.1, 0.15) is 6.04 Å². The summed E-state index contributed by atoms with van der Waals surface area (Å²) >= 11 is 0. The van der Waals surface area contributed by atoms with Crippen LogP contribution in [0.2, 0.25) is 0 Å². The third kappa shape index (κ3) is 6.54. The number of hydrogen-bond donors (Lipinski definition) is 4. The van der Waals surface area contributed by atoms with Crippen LogP contribution in [0.15, 0.2) is 41.4 Å². The second-order valence-corrected chi connectivity index (χ2v) is 8.30. The number of guanidine groups is 1. The standard InChI is InChI=1S/C25H28N4O8/c1-2-10-29(18(23(33)34)13-20(30)31)22(32)17-6-3-7-19-21(17)36-11-4-5-14-12-15(28-25(26)27)8-9-16(14)24(35)37-19/h3,6-9,12,18H,2,4-5,10-11,13H2,1H3,(H,30,31)(H,33,34)(H4,26,27,28)/t18-/m1/s1. The smallest absolute Gasteiger partial charge is 0.343 e. The molecule has 0 saturated heterocycles. The zero-order valence-corrected chi connectivity index (χ0v) is 20.2. The number of aliphatic imine (C=N–C) groups is 1. The van der Waals surface area contributed by atoms with Crippen LogP contribution in [-0.4, -0.2) is 64.1 Å². The number of carboxylic acid groups (broad SMARTS) is 2. The fraction of sp³-hybridized carbons (Fsp3) is 0.320. The first-order chi connectivity index (χ1) is 17.6. The summed E-state index contributed by atoms with van der Waals surface area (Å²) in [5, 5.41) is 18.8. The largest absolute Gasteiger partial charge is 0.489 e. The van der Waals surface area contributed by atoms with E-state index in [0.717, 1.165) is 4.90 Å². The van der Waals surface area contributed by atoms with Gasteiger partial charge in [-0.3, -0.25) is 9.59 Å². The van der Waals surface area contributed by atoms with Gasteiger partial charge in [-0.1, -0.05) is 13.0 Å². The predicted molar refractivity (Wildman–Crippen MR) is 132 cm³/mol. The van der Waals surface area contributed by atoms with Gasteiger partial charge >= 0.3 is 17.9 Å². The van der Waals surface area contributed by atoms with E-state index in [-0.39, 0.29) is 36.2 Å². The van der Waals surface area contributed by atoms with Crippen molar-refractivity contribution in [2.24, 2.45) is 16.5 Å². The maximum absolute atomic E-state index is 13.5.